The average Bonchev–Trinajstić information content (AvgIpc) is 3.12. The van der Waals surface area contributed by atoms with Crippen LogP contribution in [0.3, 0.4) is 0 Å². The molecule has 136 valence electrons. The van der Waals surface area contributed by atoms with Gasteiger partial charge >= 0.3 is 6.18 Å². The van der Waals surface area contributed by atoms with Gasteiger partial charge in [-0.15, -0.1) is 0 Å². The molecular formula is C19H19F3N4. The third-order valence-electron chi connectivity index (χ3n) is 4.72. The summed E-state index contributed by atoms with van der Waals surface area (Å²) in [5, 5.41) is 8.96. The number of alkyl halides is 3. The van der Waals surface area contributed by atoms with Crippen LogP contribution in [0.4, 0.5) is 24.5 Å². The van der Waals surface area contributed by atoms with E-state index in [1.54, 1.807) is 24.5 Å². The van der Waals surface area contributed by atoms with Crippen molar-refractivity contribution >= 4 is 11.4 Å². The van der Waals surface area contributed by atoms with Crippen LogP contribution >= 0.6 is 0 Å². The Bertz CT molecular complexity index is 799. The number of likely N-dealkylation sites (N-methyl/N-ethyl adjacent to an activating group) is 1. The first kappa shape index (κ1) is 18.1. The molecule has 2 aromatic rings. The standard InChI is InChI=1S/C19H19F3N4/c1-2-26(15-6-5-14(11-23)18(10-15)19(20,21)22)17-7-9-25(13-17)16-4-3-8-24-12-16/h3-6,8,10,12,17H,2,7,9,13H2,1H3/t17-/m0/s1. The van der Waals surface area contributed by atoms with Gasteiger partial charge in [0.15, 0.2) is 0 Å². The van der Waals surface area contributed by atoms with Crippen LogP contribution in [0.15, 0.2) is 42.7 Å². The molecule has 2 heterocycles. The van der Waals surface area contributed by atoms with Gasteiger partial charge in [-0.2, -0.15) is 18.4 Å². The first-order chi connectivity index (χ1) is 12.4. The smallest absolute Gasteiger partial charge is 0.368 e. The topological polar surface area (TPSA) is 43.2 Å². The molecule has 0 unspecified atom stereocenters. The molecule has 1 aromatic heterocycles. The monoisotopic (exact) mass is 360 g/mol. The summed E-state index contributed by atoms with van der Waals surface area (Å²) in [4.78, 5) is 8.29. The van der Waals surface area contributed by atoms with Crippen molar-refractivity contribution in [3.8, 4) is 6.07 Å². The van der Waals surface area contributed by atoms with Gasteiger partial charge in [-0.1, -0.05) is 0 Å². The number of pyridine rings is 1. The Morgan fingerprint density at radius 3 is 2.77 bits per heavy atom. The summed E-state index contributed by atoms with van der Waals surface area (Å²) in [7, 11) is 0. The highest BCUT2D eigenvalue weighted by Gasteiger charge is 2.35. The van der Waals surface area contributed by atoms with E-state index in [1.807, 2.05) is 24.0 Å². The zero-order valence-electron chi connectivity index (χ0n) is 14.4. The minimum absolute atomic E-state index is 0.106. The fourth-order valence-electron chi connectivity index (χ4n) is 3.47. The van der Waals surface area contributed by atoms with Gasteiger partial charge in [0.05, 0.1) is 29.1 Å². The highest BCUT2D eigenvalue weighted by atomic mass is 19.4. The van der Waals surface area contributed by atoms with E-state index in [1.165, 1.54) is 6.07 Å². The molecule has 1 aliphatic heterocycles. The Morgan fingerprint density at radius 2 is 2.15 bits per heavy atom. The molecule has 7 heteroatoms. The Kier molecular flexibility index (Phi) is 5.03. The molecule has 0 spiro atoms. The number of nitriles is 1. The zero-order valence-corrected chi connectivity index (χ0v) is 14.4. The van der Waals surface area contributed by atoms with Crippen LogP contribution in [-0.4, -0.2) is 30.7 Å². The molecule has 3 rings (SSSR count). The summed E-state index contributed by atoms with van der Waals surface area (Å²) >= 11 is 0. The third kappa shape index (κ3) is 3.59. The summed E-state index contributed by atoms with van der Waals surface area (Å²) in [6, 6.07) is 9.54. The van der Waals surface area contributed by atoms with Gasteiger partial charge < -0.3 is 9.80 Å². The molecular weight excluding hydrogens is 341 g/mol. The lowest BCUT2D eigenvalue weighted by molar-refractivity contribution is -0.137. The van der Waals surface area contributed by atoms with Gasteiger partial charge in [-0.05, 0) is 43.7 Å². The van der Waals surface area contributed by atoms with Gasteiger partial charge in [0, 0.05) is 37.6 Å². The molecule has 1 atom stereocenters. The third-order valence-corrected chi connectivity index (χ3v) is 4.72. The maximum Gasteiger partial charge on any atom is 0.417 e. The number of benzene rings is 1. The van der Waals surface area contributed by atoms with Crippen LogP contribution in [0.25, 0.3) is 0 Å². The Balaban J connectivity index is 1.85. The lowest BCUT2D eigenvalue weighted by Gasteiger charge is -2.31. The van der Waals surface area contributed by atoms with Crippen molar-refractivity contribution in [3.05, 3.63) is 53.9 Å². The second-order valence-electron chi connectivity index (χ2n) is 6.23. The van der Waals surface area contributed by atoms with E-state index < -0.39 is 11.7 Å². The molecule has 0 aliphatic carbocycles. The number of aromatic nitrogens is 1. The lowest BCUT2D eigenvalue weighted by atomic mass is 10.1. The first-order valence-electron chi connectivity index (χ1n) is 8.47. The van der Waals surface area contributed by atoms with Crippen molar-refractivity contribution in [1.29, 1.82) is 5.26 Å². The van der Waals surface area contributed by atoms with Crippen molar-refractivity contribution in [2.24, 2.45) is 0 Å². The lowest BCUT2D eigenvalue weighted by Crippen LogP contribution is -2.37. The van der Waals surface area contributed by atoms with Crippen LogP contribution in [0.5, 0.6) is 0 Å². The molecule has 0 saturated carbocycles. The second kappa shape index (κ2) is 7.24. The zero-order chi connectivity index (χ0) is 18.7. The fourth-order valence-corrected chi connectivity index (χ4v) is 3.47. The number of nitrogens with zero attached hydrogens (tertiary/aromatic N) is 4. The van der Waals surface area contributed by atoms with Crippen LogP contribution in [0.2, 0.25) is 0 Å². The molecule has 4 nitrogen and oxygen atoms in total. The van der Waals surface area contributed by atoms with Crippen molar-refractivity contribution < 1.29 is 13.2 Å². The summed E-state index contributed by atoms with van der Waals surface area (Å²) in [6.07, 6.45) is -0.186. The maximum absolute atomic E-state index is 13.3. The van der Waals surface area contributed by atoms with Crippen LogP contribution in [-0.2, 0) is 6.18 Å². The fraction of sp³-hybridized carbons (Fsp3) is 0.368. The van der Waals surface area contributed by atoms with E-state index >= 15 is 0 Å². The van der Waals surface area contributed by atoms with Gasteiger partial charge in [0.2, 0.25) is 0 Å². The Labute approximate surface area is 150 Å². The number of rotatable bonds is 4. The Hall–Kier alpha value is -2.75. The predicted octanol–water partition coefficient (Wildman–Crippen LogP) is 4.08. The largest absolute Gasteiger partial charge is 0.417 e. The maximum atomic E-state index is 13.3. The van der Waals surface area contributed by atoms with Crippen molar-refractivity contribution in [1.82, 2.24) is 4.98 Å². The minimum Gasteiger partial charge on any atom is -0.368 e. The molecule has 0 bridgehead atoms. The van der Waals surface area contributed by atoms with E-state index in [9.17, 15) is 13.2 Å². The molecule has 1 saturated heterocycles. The van der Waals surface area contributed by atoms with E-state index in [4.69, 9.17) is 5.26 Å². The average molecular weight is 360 g/mol. The molecule has 0 radical (unpaired) electrons. The van der Waals surface area contributed by atoms with Crippen LogP contribution in [0, 0.1) is 11.3 Å². The SMILES string of the molecule is CCN(c1ccc(C#N)c(C(F)(F)F)c1)[C@H]1CCN(c2cccnc2)C1. The number of anilines is 2. The molecule has 1 aromatic carbocycles. The normalized spacial score (nSPS) is 17.2. The number of halogens is 3. The molecule has 1 aliphatic rings. The van der Waals surface area contributed by atoms with E-state index in [0.29, 0.717) is 12.2 Å². The van der Waals surface area contributed by atoms with Gasteiger partial charge in [-0.3, -0.25) is 4.98 Å². The molecule has 0 amide bonds. The number of hydrogen-bond donors (Lipinski definition) is 0. The van der Waals surface area contributed by atoms with Crippen LogP contribution < -0.4 is 9.80 Å². The summed E-state index contributed by atoms with van der Waals surface area (Å²) in [5.74, 6) is 0. The van der Waals surface area contributed by atoms with Crippen molar-refractivity contribution in [3.63, 3.8) is 0 Å². The van der Waals surface area contributed by atoms with Gasteiger partial charge in [-0.25, -0.2) is 0 Å². The Morgan fingerprint density at radius 1 is 1.35 bits per heavy atom. The highest BCUT2D eigenvalue weighted by Crippen LogP contribution is 2.35. The van der Waals surface area contributed by atoms with Crippen molar-refractivity contribution in [2.75, 3.05) is 29.4 Å². The van der Waals surface area contributed by atoms with E-state index in [0.717, 1.165) is 31.3 Å². The summed E-state index contributed by atoms with van der Waals surface area (Å²) in [6.45, 7) is 4.07. The first-order valence-corrected chi connectivity index (χ1v) is 8.47. The van der Waals surface area contributed by atoms with Crippen LogP contribution in [0.1, 0.15) is 24.5 Å². The molecule has 26 heavy (non-hydrogen) atoms. The second-order valence-corrected chi connectivity index (χ2v) is 6.23. The van der Waals surface area contributed by atoms with E-state index in [-0.39, 0.29) is 11.6 Å². The van der Waals surface area contributed by atoms with Crippen molar-refractivity contribution in [2.45, 2.75) is 25.6 Å². The summed E-state index contributed by atoms with van der Waals surface area (Å²) in [5.41, 5.74) is 0.289. The molecule has 0 N–H and O–H groups in total. The highest BCUT2D eigenvalue weighted by molar-refractivity contribution is 5.56. The molecule has 1 fully saturated rings. The number of hydrogen-bond acceptors (Lipinski definition) is 4. The summed E-state index contributed by atoms with van der Waals surface area (Å²) < 4.78 is 39.8. The predicted molar refractivity (Wildman–Crippen MR) is 94.0 cm³/mol. The quantitative estimate of drug-likeness (QED) is 0.824. The van der Waals surface area contributed by atoms with Gasteiger partial charge in [0.1, 0.15) is 0 Å². The van der Waals surface area contributed by atoms with Gasteiger partial charge in [0.25, 0.3) is 0 Å². The van der Waals surface area contributed by atoms with E-state index in [2.05, 4.69) is 9.88 Å². The minimum atomic E-state index is -4.54.